The first kappa shape index (κ1) is 14.6. The molecule has 20 heavy (non-hydrogen) atoms. The molecule has 3 amide bonds. The molecule has 0 aromatic heterocycles. The normalized spacial score (nSPS) is 23.9. The van der Waals surface area contributed by atoms with E-state index in [2.05, 4.69) is 5.32 Å². The monoisotopic (exact) mass is 283 g/mol. The zero-order chi connectivity index (χ0) is 14.9. The number of carbonyl (C=O) groups excluding carboxylic acids is 3. The van der Waals surface area contributed by atoms with Gasteiger partial charge in [0.2, 0.25) is 11.8 Å². The third kappa shape index (κ3) is 3.40. The van der Waals surface area contributed by atoms with Gasteiger partial charge in [0.25, 0.3) is 0 Å². The highest BCUT2D eigenvalue weighted by molar-refractivity contribution is 5.85. The third-order valence-corrected chi connectivity index (χ3v) is 3.31. The topological polar surface area (TPSA) is 79.0 Å². The molecule has 7 heteroatoms. The molecule has 2 saturated heterocycles. The molecule has 2 fully saturated rings. The van der Waals surface area contributed by atoms with Gasteiger partial charge in [-0.1, -0.05) is 0 Å². The molecule has 112 valence electrons. The third-order valence-electron chi connectivity index (χ3n) is 3.31. The molecule has 7 nitrogen and oxygen atoms in total. The SMILES string of the molecule is CC(C)(C)OC(=O)N1CCN([C@H]2CNC(=O)C2)C(=O)C1. The molecule has 2 heterocycles. The van der Waals surface area contributed by atoms with Crippen LogP contribution in [0.25, 0.3) is 0 Å². The second-order valence-electron chi connectivity index (χ2n) is 6.15. The van der Waals surface area contributed by atoms with Crippen molar-refractivity contribution < 1.29 is 19.1 Å². The summed E-state index contributed by atoms with van der Waals surface area (Å²) >= 11 is 0. The van der Waals surface area contributed by atoms with Crippen molar-refractivity contribution in [1.29, 1.82) is 0 Å². The predicted octanol–water partition coefficient (Wildman–Crippen LogP) is -0.0458. The molecule has 1 atom stereocenters. The smallest absolute Gasteiger partial charge is 0.410 e. The second kappa shape index (κ2) is 5.30. The summed E-state index contributed by atoms with van der Waals surface area (Å²) in [6, 6.07) is -0.0872. The first-order valence-electron chi connectivity index (χ1n) is 6.80. The summed E-state index contributed by atoms with van der Waals surface area (Å²) < 4.78 is 5.25. The Hall–Kier alpha value is -1.79. The minimum atomic E-state index is -0.570. The first-order valence-corrected chi connectivity index (χ1v) is 6.80. The molecular weight excluding hydrogens is 262 g/mol. The molecule has 0 unspecified atom stereocenters. The number of nitrogens with zero attached hydrogens (tertiary/aromatic N) is 2. The number of piperazine rings is 1. The predicted molar refractivity (Wildman–Crippen MR) is 70.9 cm³/mol. The highest BCUT2D eigenvalue weighted by Gasteiger charge is 2.36. The molecule has 0 aromatic carbocycles. The summed E-state index contributed by atoms with van der Waals surface area (Å²) in [6.45, 7) is 6.76. The van der Waals surface area contributed by atoms with Crippen LogP contribution in [0.3, 0.4) is 0 Å². The Kier molecular flexibility index (Phi) is 3.87. The quantitative estimate of drug-likeness (QED) is 0.732. The van der Waals surface area contributed by atoms with Crippen molar-refractivity contribution in [3.05, 3.63) is 0 Å². The first-order chi connectivity index (χ1) is 9.26. The number of hydrogen-bond acceptors (Lipinski definition) is 4. The van der Waals surface area contributed by atoms with E-state index < -0.39 is 11.7 Å². The number of hydrogen-bond donors (Lipinski definition) is 1. The van der Waals surface area contributed by atoms with Crippen molar-refractivity contribution >= 4 is 17.9 Å². The Bertz CT molecular complexity index is 430. The van der Waals surface area contributed by atoms with Gasteiger partial charge in [0.15, 0.2) is 0 Å². The van der Waals surface area contributed by atoms with Crippen LogP contribution in [0.1, 0.15) is 27.2 Å². The van der Waals surface area contributed by atoms with E-state index in [-0.39, 0.29) is 24.4 Å². The van der Waals surface area contributed by atoms with Gasteiger partial charge in [-0.05, 0) is 20.8 Å². The minimum absolute atomic E-state index is 0.0135. The maximum atomic E-state index is 12.1. The molecule has 2 aliphatic heterocycles. The lowest BCUT2D eigenvalue weighted by atomic mass is 10.2. The number of ether oxygens (including phenoxy) is 1. The summed E-state index contributed by atoms with van der Waals surface area (Å²) in [5.74, 6) is -0.166. The van der Waals surface area contributed by atoms with E-state index in [0.717, 1.165) is 0 Å². The van der Waals surface area contributed by atoms with Crippen LogP contribution in [0.2, 0.25) is 0 Å². The van der Waals surface area contributed by atoms with Crippen molar-refractivity contribution in [3.63, 3.8) is 0 Å². The van der Waals surface area contributed by atoms with Crippen molar-refractivity contribution in [2.45, 2.75) is 38.8 Å². The van der Waals surface area contributed by atoms with Crippen LogP contribution >= 0.6 is 0 Å². The standard InChI is InChI=1S/C13H21N3O4/c1-13(2,3)20-12(19)15-4-5-16(11(18)8-15)9-6-10(17)14-7-9/h9H,4-8H2,1-3H3,(H,14,17)/t9-/m1/s1. The van der Waals surface area contributed by atoms with E-state index >= 15 is 0 Å². The highest BCUT2D eigenvalue weighted by Crippen LogP contribution is 2.16. The minimum Gasteiger partial charge on any atom is -0.444 e. The van der Waals surface area contributed by atoms with Crippen molar-refractivity contribution in [1.82, 2.24) is 15.1 Å². The Morgan fingerprint density at radius 1 is 1.30 bits per heavy atom. The summed E-state index contributed by atoms with van der Waals surface area (Å²) in [4.78, 5) is 38.3. The molecule has 2 aliphatic rings. The van der Waals surface area contributed by atoms with Crippen LogP contribution in [0.4, 0.5) is 4.79 Å². The van der Waals surface area contributed by atoms with Crippen molar-refractivity contribution in [2.75, 3.05) is 26.2 Å². The van der Waals surface area contributed by atoms with Gasteiger partial charge < -0.3 is 15.0 Å². The number of amides is 3. The zero-order valence-corrected chi connectivity index (χ0v) is 12.1. The van der Waals surface area contributed by atoms with E-state index in [0.29, 0.717) is 26.1 Å². The van der Waals surface area contributed by atoms with Gasteiger partial charge >= 0.3 is 6.09 Å². The van der Waals surface area contributed by atoms with E-state index in [1.54, 1.807) is 25.7 Å². The molecule has 0 spiro atoms. The Morgan fingerprint density at radius 2 is 2.00 bits per heavy atom. The van der Waals surface area contributed by atoms with Crippen LogP contribution < -0.4 is 5.32 Å². The van der Waals surface area contributed by atoms with Gasteiger partial charge in [0.1, 0.15) is 12.1 Å². The van der Waals surface area contributed by atoms with Crippen molar-refractivity contribution in [2.24, 2.45) is 0 Å². The number of rotatable bonds is 1. The molecule has 2 rings (SSSR count). The summed E-state index contributed by atoms with van der Waals surface area (Å²) in [5, 5.41) is 2.71. The van der Waals surface area contributed by atoms with Gasteiger partial charge in [0.05, 0.1) is 6.04 Å². The van der Waals surface area contributed by atoms with Crippen LogP contribution in [0.5, 0.6) is 0 Å². The maximum Gasteiger partial charge on any atom is 0.410 e. The Balaban J connectivity index is 1.90. The van der Waals surface area contributed by atoms with E-state index in [9.17, 15) is 14.4 Å². The average molecular weight is 283 g/mol. The average Bonchev–Trinajstić information content (AvgIpc) is 2.73. The molecule has 0 aliphatic carbocycles. The maximum absolute atomic E-state index is 12.1. The van der Waals surface area contributed by atoms with E-state index in [1.165, 1.54) is 4.90 Å². The molecule has 1 N–H and O–H groups in total. The largest absolute Gasteiger partial charge is 0.444 e. The molecule has 0 saturated carbocycles. The lowest BCUT2D eigenvalue weighted by Crippen LogP contribution is -2.56. The van der Waals surface area contributed by atoms with Crippen LogP contribution in [-0.2, 0) is 14.3 Å². The lowest BCUT2D eigenvalue weighted by Gasteiger charge is -2.37. The van der Waals surface area contributed by atoms with Gasteiger partial charge in [-0.3, -0.25) is 14.5 Å². The van der Waals surface area contributed by atoms with Crippen LogP contribution in [-0.4, -0.2) is 65.5 Å². The zero-order valence-electron chi connectivity index (χ0n) is 12.1. The van der Waals surface area contributed by atoms with E-state index in [1.807, 2.05) is 0 Å². The summed E-state index contributed by atoms with van der Waals surface area (Å²) in [6.07, 6.45) is -0.121. The van der Waals surface area contributed by atoms with Crippen LogP contribution in [0.15, 0.2) is 0 Å². The highest BCUT2D eigenvalue weighted by atomic mass is 16.6. The summed E-state index contributed by atoms with van der Waals surface area (Å²) in [5.41, 5.74) is -0.570. The number of nitrogens with one attached hydrogen (secondary N) is 1. The van der Waals surface area contributed by atoms with Gasteiger partial charge in [-0.25, -0.2) is 4.79 Å². The molecular formula is C13H21N3O4. The van der Waals surface area contributed by atoms with Crippen LogP contribution in [0, 0.1) is 0 Å². The Labute approximate surface area is 118 Å². The van der Waals surface area contributed by atoms with Gasteiger partial charge in [-0.15, -0.1) is 0 Å². The van der Waals surface area contributed by atoms with Gasteiger partial charge in [-0.2, -0.15) is 0 Å². The van der Waals surface area contributed by atoms with E-state index in [4.69, 9.17) is 4.74 Å². The second-order valence-corrected chi connectivity index (χ2v) is 6.15. The lowest BCUT2D eigenvalue weighted by molar-refractivity contribution is -0.138. The molecule has 0 bridgehead atoms. The number of carbonyl (C=O) groups is 3. The molecule has 0 aromatic rings. The fraction of sp³-hybridized carbons (Fsp3) is 0.769. The summed E-state index contributed by atoms with van der Waals surface area (Å²) in [7, 11) is 0. The van der Waals surface area contributed by atoms with Crippen molar-refractivity contribution in [3.8, 4) is 0 Å². The molecule has 0 radical (unpaired) electrons. The fourth-order valence-electron chi connectivity index (χ4n) is 2.37. The van der Waals surface area contributed by atoms with Gasteiger partial charge in [0, 0.05) is 26.1 Å². The fourth-order valence-corrected chi connectivity index (χ4v) is 2.37. The Morgan fingerprint density at radius 3 is 2.50 bits per heavy atom.